The molecule has 1 unspecified atom stereocenters. The molecule has 0 aromatic heterocycles. The summed E-state index contributed by atoms with van der Waals surface area (Å²) in [6.07, 6.45) is 8.41. The van der Waals surface area contributed by atoms with Crippen LogP contribution < -0.4 is 0 Å². The molecule has 4 heteroatoms. The van der Waals surface area contributed by atoms with Gasteiger partial charge in [0.1, 0.15) is 6.10 Å². The maximum Gasteiger partial charge on any atom is 0.330 e. The van der Waals surface area contributed by atoms with Gasteiger partial charge in [0.15, 0.2) is 0 Å². The summed E-state index contributed by atoms with van der Waals surface area (Å²) in [4.78, 5) is 15.4. The largest absolute Gasteiger partial charge is 0.463 e. The minimum Gasteiger partial charge on any atom is -0.463 e. The van der Waals surface area contributed by atoms with Gasteiger partial charge in [-0.25, -0.2) is 9.68 Å². The highest BCUT2D eigenvalue weighted by Gasteiger charge is 2.05. The highest BCUT2D eigenvalue weighted by Crippen LogP contribution is 2.08. The van der Waals surface area contributed by atoms with Crippen LogP contribution in [0.1, 0.15) is 52.4 Å². The first kappa shape index (κ1) is 16.1. The summed E-state index contributed by atoms with van der Waals surface area (Å²) >= 11 is 0. The number of hydrogen-bond donors (Lipinski definition) is 1. The lowest BCUT2D eigenvalue weighted by Crippen LogP contribution is -2.09. The predicted molar refractivity (Wildman–Crippen MR) is 66.7 cm³/mol. The summed E-state index contributed by atoms with van der Waals surface area (Å²) in [5.41, 5.74) is 0. The third-order valence-electron chi connectivity index (χ3n) is 2.37. The zero-order chi connectivity index (χ0) is 12.9. The van der Waals surface area contributed by atoms with Crippen LogP contribution in [-0.2, 0) is 14.4 Å². The summed E-state index contributed by atoms with van der Waals surface area (Å²) in [7, 11) is 0. The van der Waals surface area contributed by atoms with E-state index in [1.165, 1.54) is 18.9 Å². The van der Waals surface area contributed by atoms with E-state index < -0.39 is 6.10 Å². The van der Waals surface area contributed by atoms with E-state index >= 15 is 0 Å². The lowest BCUT2D eigenvalue weighted by molar-refractivity contribution is -0.267. The second-order valence-electron chi connectivity index (χ2n) is 4.02. The molecule has 0 bridgehead atoms. The minimum atomic E-state index is -0.416. The first-order valence-corrected chi connectivity index (χ1v) is 6.39. The van der Waals surface area contributed by atoms with Crippen molar-refractivity contribution in [1.82, 2.24) is 0 Å². The Morgan fingerprint density at radius 2 is 2.00 bits per heavy atom. The number of hydrogen-bond acceptors (Lipinski definition) is 4. The molecule has 0 aliphatic heterocycles. The minimum absolute atomic E-state index is 0.387. The van der Waals surface area contributed by atoms with Crippen molar-refractivity contribution >= 4 is 5.97 Å². The van der Waals surface area contributed by atoms with Gasteiger partial charge in [0, 0.05) is 6.08 Å². The molecule has 0 radical (unpaired) electrons. The van der Waals surface area contributed by atoms with E-state index in [0.717, 1.165) is 19.3 Å². The molecule has 1 N–H and O–H groups in total. The number of unbranched alkanes of at least 4 members (excludes halogenated alkanes) is 3. The second kappa shape index (κ2) is 11.6. The molecule has 4 nitrogen and oxygen atoms in total. The topological polar surface area (TPSA) is 55.8 Å². The maximum absolute atomic E-state index is 11.2. The van der Waals surface area contributed by atoms with E-state index in [1.54, 1.807) is 6.08 Å². The average Bonchev–Trinajstić information content (AvgIpc) is 2.35. The Morgan fingerprint density at radius 1 is 1.24 bits per heavy atom. The monoisotopic (exact) mass is 244 g/mol. The van der Waals surface area contributed by atoms with Gasteiger partial charge in [-0.1, -0.05) is 39.5 Å². The Kier molecular flexibility index (Phi) is 11.0. The first-order valence-electron chi connectivity index (χ1n) is 6.39. The van der Waals surface area contributed by atoms with Crippen LogP contribution in [0.5, 0.6) is 0 Å². The van der Waals surface area contributed by atoms with Crippen LogP contribution in [0.25, 0.3) is 0 Å². The first-order chi connectivity index (χ1) is 8.24. The average molecular weight is 244 g/mol. The molecule has 0 aromatic rings. The zero-order valence-electron chi connectivity index (χ0n) is 10.9. The molecule has 17 heavy (non-hydrogen) atoms. The quantitative estimate of drug-likeness (QED) is 0.210. The second-order valence-corrected chi connectivity index (χ2v) is 4.02. The Bertz CT molecular complexity index is 213. The van der Waals surface area contributed by atoms with Crippen molar-refractivity contribution in [2.24, 2.45) is 0 Å². The summed E-state index contributed by atoms with van der Waals surface area (Å²) in [5, 5.41) is 8.67. The van der Waals surface area contributed by atoms with Crippen molar-refractivity contribution in [3.63, 3.8) is 0 Å². The van der Waals surface area contributed by atoms with E-state index in [-0.39, 0.29) is 5.97 Å². The van der Waals surface area contributed by atoms with E-state index in [4.69, 9.17) is 9.99 Å². The van der Waals surface area contributed by atoms with Crippen LogP contribution in [0, 0.1) is 0 Å². The molecule has 0 aromatic carbocycles. The highest BCUT2D eigenvalue weighted by molar-refractivity contribution is 5.81. The molecule has 100 valence electrons. The molecule has 0 rings (SSSR count). The molecular weight excluding hydrogens is 220 g/mol. The van der Waals surface area contributed by atoms with Crippen molar-refractivity contribution in [3.05, 3.63) is 12.2 Å². The van der Waals surface area contributed by atoms with Crippen LogP contribution in [0.3, 0.4) is 0 Å². The summed E-state index contributed by atoms with van der Waals surface area (Å²) in [6.45, 7) is 4.50. The van der Waals surface area contributed by atoms with Gasteiger partial charge in [-0.15, -0.1) is 0 Å². The summed E-state index contributed by atoms with van der Waals surface area (Å²) in [6, 6.07) is 0. The Morgan fingerprint density at radius 3 is 2.59 bits per heavy atom. The molecule has 0 saturated heterocycles. The SMILES string of the molecule is CCCCCCC(C=CC(=O)OCCC)OO. The lowest BCUT2D eigenvalue weighted by Gasteiger charge is -2.08. The zero-order valence-corrected chi connectivity index (χ0v) is 10.9. The molecule has 0 saturated carbocycles. The van der Waals surface area contributed by atoms with Crippen LogP contribution in [0.4, 0.5) is 0 Å². The van der Waals surface area contributed by atoms with E-state index in [2.05, 4.69) is 11.8 Å². The highest BCUT2D eigenvalue weighted by atomic mass is 17.1. The molecule has 0 amide bonds. The number of esters is 1. The fourth-order valence-electron chi connectivity index (χ4n) is 1.39. The van der Waals surface area contributed by atoms with Gasteiger partial charge < -0.3 is 4.74 Å². The molecule has 0 spiro atoms. The molecule has 1 atom stereocenters. The van der Waals surface area contributed by atoms with Gasteiger partial charge in [-0.05, 0) is 18.9 Å². The van der Waals surface area contributed by atoms with Crippen molar-refractivity contribution in [2.45, 2.75) is 58.5 Å². The maximum atomic E-state index is 11.2. The van der Waals surface area contributed by atoms with E-state index in [0.29, 0.717) is 13.0 Å². The Balaban J connectivity index is 3.78. The van der Waals surface area contributed by atoms with Gasteiger partial charge in [0.2, 0.25) is 0 Å². The number of carbonyl (C=O) groups is 1. The fourth-order valence-corrected chi connectivity index (χ4v) is 1.39. The van der Waals surface area contributed by atoms with Crippen LogP contribution in [0.15, 0.2) is 12.2 Å². The van der Waals surface area contributed by atoms with E-state index in [9.17, 15) is 4.79 Å². The molecule has 0 fully saturated rings. The standard InChI is InChI=1S/C13H24O4/c1-3-5-6-7-8-12(17-15)9-10-13(14)16-11-4-2/h9-10,12,15H,3-8,11H2,1-2H3. The number of rotatable bonds is 10. The van der Waals surface area contributed by atoms with Crippen LogP contribution >= 0.6 is 0 Å². The molecule has 0 aliphatic carbocycles. The summed E-state index contributed by atoms with van der Waals surface area (Å²) < 4.78 is 4.87. The normalized spacial score (nSPS) is 12.9. The fraction of sp³-hybridized carbons (Fsp3) is 0.769. The lowest BCUT2D eigenvalue weighted by atomic mass is 10.1. The number of ether oxygens (including phenoxy) is 1. The van der Waals surface area contributed by atoms with Crippen LogP contribution in [0.2, 0.25) is 0 Å². The molecule has 0 aliphatic rings. The predicted octanol–water partition coefficient (Wildman–Crippen LogP) is 3.32. The van der Waals surface area contributed by atoms with Crippen molar-refractivity contribution in [3.8, 4) is 0 Å². The van der Waals surface area contributed by atoms with Crippen molar-refractivity contribution in [2.75, 3.05) is 6.61 Å². The summed E-state index contributed by atoms with van der Waals surface area (Å²) in [5.74, 6) is -0.387. The molecule has 0 heterocycles. The van der Waals surface area contributed by atoms with Gasteiger partial charge in [-0.2, -0.15) is 0 Å². The van der Waals surface area contributed by atoms with Crippen LogP contribution in [-0.4, -0.2) is 23.9 Å². The Labute approximate surface area is 104 Å². The van der Waals surface area contributed by atoms with Gasteiger partial charge >= 0.3 is 5.97 Å². The van der Waals surface area contributed by atoms with Crippen molar-refractivity contribution < 1.29 is 19.7 Å². The number of carbonyl (C=O) groups excluding carboxylic acids is 1. The van der Waals surface area contributed by atoms with E-state index in [1.807, 2.05) is 6.92 Å². The van der Waals surface area contributed by atoms with Crippen molar-refractivity contribution in [1.29, 1.82) is 0 Å². The molecular formula is C13H24O4. The third kappa shape index (κ3) is 10.0. The van der Waals surface area contributed by atoms with Gasteiger partial charge in [0.05, 0.1) is 6.61 Å². The third-order valence-corrected chi connectivity index (χ3v) is 2.37. The smallest absolute Gasteiger partial charge is 0.330 e. The Hall–Kier alpha value is -0.870. The van der Waals surface area contributed by atoms with Gasteiger partial charge in [-0.3, -0.25) is 5.26 Å². The van der Waals surface area contributed by atoms with Gasteiger partial charge in [0.25, 0.3) is 0 Å².